The molecule has 0 aliphatic heterocycles. The van der Waals surface area contributed by atoms with E-state index in [1.54, 1.807) is 0 Å². The monoisotopic (exact) mass is 259 g/mol. The number of aliphatic carboxylic acids is 1. The minimum absolute atomic E-state index is 0.00222. The first-order valence-electron chi connectivity index (χ1n) is 4.60. The Morgan fingerprint density at radius 2 is 2.12 bits per heavy atom. The number of rotatable bonds is 4. The highest BCUT2D eigenvalue weighted by Crippen LogP contribution is 2.38. The summed E-state index contributed by atoms with van der Waals surface area (Å²) in [6.07, 6.45) is 0. The zero-order chi connectivity index (χ0) is 13.2. The van der Waals surface area contributed by atoms with E-state index in [4.69, 9.17) is 5.11 Å². The van der Waals surface area contributed by atoms with Gasteiger partial charge in [-0.1, -0.05) is 0 Å². The first-order chi connectivity index (χ1) is 7.74. The summed E-state index contributed by atoms with van der Waals surface area (Å²) in [7, 11) is 0. The molecule has 1 aromatic carbocycles. The van der Waals surface area contributed by atoms with Gasteiger partial charge in [0.25, 0.3) is 5.69 Å². The molecule has 5 nitrogen and oxygen atoms in total. The van der Waals surface area contributed by atoms with Gasteiger partial charge in [-0.05, 0) is 26.0 Å². The van der Waals surface area contributed by atoms with Crippen molar-refractivity contribution in [3.8, 4) is 0 Å². The number of carboxylic acid groups (broad SMARTS) is 1. The quantitative estimate of drug-likeness (QED) is 0.510. The van der Waals surface area contributed by atoms with Crippen LogP contribution in [0.5, 0.6) is 0 Å². The normalized spacial score (nSPS) is 11.2. The molecule has 1 aromatic rings. The lowest BCUT2D eigenvalue weighted by Crippen LogP contribution is -2.27. The van der Waals surface area contributed by atoms with Crippen molar-refractivity contribution in [2.45, 2.75) is 23.5 Å². The van der Waals surface area contributed by atoms with Crippen LogP contribution in [0.2, 0.25) is 0 Å². The van der Waals surface area contributed by atoms with Crippen LogP contribution >= 0.6 is 11.8 Å². The Kier molecular flexibility index (Phi) is 3.72. The number of nitrogens with zero attached hydrogens (tertiary/aromatic N) is 1. The minimum atomic E-state index is -1.27. The highest BCUT2D eigenvalue weighted by atomic mass is 32.2. The molecule has 0 atom stereocenters. The molecular weight excluding hydrogens is 249 g/mol. The molecule has 92 valence electrons. The number of halogens is 1. The van der Waals surface area contributed by atoms with E-state index in [1.807, 2.05) is 0 Å². The summed E-state index contributed by atoms with van der Waals surface area (Å²) in [5.41, 5.74) is -0.300. The molecule has 0 saturated heterocycles. The Morgan fingerprint density at radius 1 is 1.53 bits per heavy atom. The fraction of sp³-hybridized carbons (Fsp3) is 0.300. The van der Waals surface area contributed by atoms with Gasteiger partial charge in [0.1, 0.15) is 10.6 Å². The molecule has 0 radical (unpaired) electrons. The summed E-state index contributed by atoms with van der Waals surface area (Å²) >= 11 is 0.742. The van der Waals surface area contributed by atoms with Gasteiger partial charge in [0.2, 0.25) is 0 Å². The van der Waals surface area contributed by atoms with Crippen LogP contribution in [0.3, 0.4) is 0 Å². The Morgan fingerprint density at radius 3 is 2.59 bits per heavy atom. The topological polar surface area (TPSA) is 80.4 Å². The highest BCUT2D eigenvalue weighted by Gasteiger charge is 2.31. The maximum atomic E-state index is 13.0. The molecule has 1 N–H and O–H groups in total. The van der Waals surface area contributed by atoms with E-state index in [0.29, 0.717) is 0 Å². The predicted molar refractivity (Wildman–Crippen MR) is 60.6 cm³/mol. The largest absolute Gasteiger partial charge is 0.480 e. The third-order valence-corrected chi connectivity index (χ3v) is 3.23. The zero-order valence-electron chi connectivity index (χ0n) is 9.14. The fourth-order valence-electron chi connectivity index (χ4n) is 1.04. The lowest BCUT2D eigenvalue weighted by Gasteiger charge is -2.18. The molecule has 0 amide bonds. The number of hydrogen-bond acceptors (Lipinski definition) is 4. The van der Waals surface area contributed by atoms with Crippen molar-refractivity contribution >= 4 is 23.4 Å². The van der Waals surface area contributed by atoms with Crippen LogP contribution in [-0.4, -0.2) is 20.7 Å². The van der Waals surface area contributed by atoms with E-state index >= 15 is 0 Å². The van der Waals surface area contributed by atoms with Crippen molar-refractivity contribution in [3.63, 3.8) is 0 Å². The molecule has 0 saturated carbocycles. The van der Waals surface area contributed by atoms with Gasteiger partial charge in [-0.15, -0.1) is 11.8 Å². The fourth-order valence-corrected chi connectivity index (χ4v) is 2.09. The van der Waals surface area contributed by atoms with Crippen LogP contribution in [0.4, 0.5) is 10.1 Å². The van der Waals surface area contributed by atoms with E-state index < -0.39 is 21.5 Å². The van der Waals surface area contributed by atoms with Crippen LogP contribution in [0, 0.1) is 15.9 Å². The average Bonchev–Trinajstić information content (AvgIpc) is 2.15. The first kappa shape index (κ1) is 13.4. The molecule has 0 aliphatic carbocycles. The lowest BCUT2D eigenvalue weighted by atomic mass is 10.2. The summed E-state index contributed by atoms with van der Waals surface area (Å²) < 4.78 is 11.7. The SMILES string of the molecule is CC(C)(Sc1cc(F)ccc1[N+](=O)[O-])C(=O)O. The van der Waals surface area contributed by atoms with Gasteiger partial charge in [-0.25, -0.2) is 4.39 Å². The average molecular weight is 259 g/mol. The van der Waals surface area contributed by atoms with E-state index in [2.05, 4.69) is 0 Å². The molecule has 0 bridgehead atoms. The van der Waals surface area contributed by atoms with Crippen molar-refractivity contribution in [3.05, 3.63) is 34.1 Å². The lowest BCUT2D eigenvalue weighted by molar-refractivity contribution is -0.387. The molecule has 0 aliphatic rings. The maximum Gasteiger partial charge on any atom is 0.319 e. The number of nitro groups is 1. The number of hydrogen-bond donors (Lipinski definition) is 1. The molecule has 0 aromatic heterocycles. The van der Waals surface area contributed by atoms with Gasteiger partial charge in [0.15, 0.2) is 0 Å². The van der Waals surface area contributed by atoms with Crippen molar-refractivity contribution in [1.29, 1.82) is 0 Å². The van der Waals surface area contributed by atoms with E-state index in [0.717, 1.165) is 30.0 Å². The summed E-state index contributed by atoms with van der Waals surface area (Å²) in [6, 6.07) is 2.96. The van der Waals surface area contributed by atoms with E-state index in [1.165, 1.54) is 13.8 Å². The molecule has 17 heavy (non-hydrogen) atoms. The van der Waals surface area contributed by atoms with Gasteiger partial charge in [-0.2, -0.15) is 0 Å². The van der Waals surface area contributed by atoms with Gasteiger partial charge in [-0.3, -0.25) is 14.9 Å². The van der Waals surface area contributed by atoms with Gasteiger partial charge in [0.05, 0.1) is 9.82 Å². The van der Waals surface area contributed by atoms with Crippen molar-refractivity contribution in [1.82, 2.24) is 0 Å². The summed E-state index contributed by atoms with van der Waals surface area (Å²) in [6.45, 7) is 2.79. The van der Waals surface area contributed by atoms with Crippen LogP contribution in [0.15, 0.2) is 23.1 Å². The van der Waals surface area contributed by atoms with Crippen LogP contribution in [0.1, 0.15) is 13.8 Å². The second-order valence-corrected chi connectivity index (χ2v) is 5.45. The van der Waals surface area contributed by atoms with Crippen molar-refractivity contribution < 1.29 is 19.2 Å². The Bertz CT molecular complexity index is 475. The molecule has 0 spiro atoms. The highest BCUT2D eigenvalue weighted by molar-refractivity contribution is 8.01. The zero-order valence-corrected chi connectivity index (χ0v) is 9.95. The molecular formula is C10H10FNO4S. The number of thioether (sulfide) groups is 1. The molecule has 7 heteroatoms. The van der Waals surface area contributed by atoms with Crippen LogP contribution in [-0.2, 0) is 4.79 Å². The second-order valence-electron chi connectivity index (χ2n) is 3.79. The van der Waals surface area contributed by atoms with Crippen molar-refractivity contribution in [2.24, 2.45) is 0 Å². The minimum Gasteiger partial charge on any atom is -0.480 e. The Hall–Kier alpha value is -1.63. The van der Waals surface area contributed by atoms with Crippen LogP contribution < -0.4 is 0 Å². The smallest absolute Gasteiger partial charge is 0.319 e. The molecule has 0 heterocycles. The summed E-state index contributed by atoms with van der Waals surface area (Å²) in [5, 5.41) is 19.6. The third kappa shape index (κ3) is 3.16. The predicted octanol–water partition coefficient (Wildman–Crippen LogP) is 2.69. The third-order valence-electron chi connectivity index (χ3n) is 2.00. The first-order valence-corrected chi connectivity index (χ1v) is 5.42. The van der Waals surface area contributed by atoms with Gasteiger partial charge >= 0.3 is 5.97 Å². The Balaban J connectivity index is 3.17. The standard InChI is InChI=1S/C10H10FNO4S/c1-10(2,9(13)14)17-8-5-6(11)3-4-7(8)12(15)16/h3-5H,1-2H3,(H,13,14). The van der Waals surface area contributed by atoms with Crippen LogP contribution in [0.25, 0.3) is 0 Å². The molecule has 1 rings (SSSR count). The number of carbonyl (C=O) groups is 1. The maximum absolute atomic E-state index is 13.0. The molecule has 0 fully saturated rings. The molecule has 0 unspecified atom stereocenters. The van der Waals surface area contributed by atoms with Gasteiger partial charge < -0.3 is 5.11 Å². The number of nitro benzene ring substituents is 1. The number of benzene rings is 1. The Labute approximate surface area is 101 Å². The second kappa shape index (κ2) is 4.70. The van der Waals surface area contributed by atoms with E-state index in [9.17, 15) is 19.3 Å². The van der Waals surface area contributed by atoms with Gasteiger partial charge in [0, 0.05) is 6.07 Å². The summed E-state index contributed by atoms with van der Waals surface area (Å²) in [4.78, 5) is 21.0. The van der Waals surface area contributed by atoms with E-state index in [-0.39, 0.29) is 10.6 Å². The van der Waals surface area contributed by atoms with Crippen molar-refractivity contribution in [2.75, 3.05) is 0 Å². The number of carboxylic acids is 1. The summed E-state index contributed by atoms with van der Waals surface area (Å²) in [5.74, 6) is -1.76.